The van der Waals surface area contributed by atoms with E-state index in [-0.39, 0.29) is 37.9 Å². The topological polar surface area (TPSA) is 57.0 Å². The Morgan fingerprint density at radius 3 is 2.13 bits per heavy atom. The standard InChI is InChI=1S/C11H5F3N.C8H7F3N2O.Ir/c12-8-5-4-7(10(13)11(8)14)9-3-1-2-6-15-9;9-8(10,11)7(14)13-5-6-3-1-2-4-12-6;/h1-3,5-6H;1-4H,5H2,(H,13,14);/q-1;;/p-1. The number of rotatable bonds is 3. The molecule has 0 bridgehead atoms. The minimum Gasteiger partial charge on any atom is -0.641 e. The van der Waals surface area contributed by atoms with E-state index in [0.29, 0.717) is 5.69 Å². The Labute approximate surface area is 180 Å². The number of aromatic nitrogens is 2. The maximum absolute atomic E-state index is 13.3. The number of hydrogen-bond donors (Lipinski definition) is 0. The predicted octanol–water partition coefficient (Wildman–Crippen LogP) is 5.01. The number of carbonyl (C=O) groups excluding carboxylic acids is 1. The van der Waals surface area contributed by atoms with Gasteiger partial charge in [-0.2, -0.15) is 13.2 Å². The number of benzene rings is 1. The zero-order valence-corrected chi connectivity index (χ0v) is 17.1. The van der Waals surface area contributed by atoms with E-state index in [0.717, 1.165) is 6.07 Å². The molecule has 3 rings (SSSR count). The number of pyridine rings is 2. The van der Waals surface area contributed by atoms with Crippen molar-refractivity contribution in [1.29, 1.82) is 0 Å². The Hall–Kier alpha value is -2.78. The van der Waals surface area contributed by atoms with Crippen LogP contribution in [0.1, 0.15) is 5.69 Å². The number of nitrogens with zero attached hydrogens (tertiary/aromatic N) is 3. The van der Waals surface area contributed by atoms with E-state index in [1.807, 2.05) is 0 Å². The summed E-state index contributed by atoms with van der Waals surface area (Å²) in [4.78, 5) is 17.9. The van der Waals surface area contributed by atoms with Gasteiger partial charge < -0.3 is 15.1 Å². The van der Waals surface area contributed by atoms with Crippen molar-refractivity contribution in [2.24, 2.45) is 0 Å². The molecule has 2 heterocycles. The molecule has 11 heteroatoms. The van der Waals surface area contributed by atoms with Gasteiger partial charge in [0.25, 0.3) is 0 Å². The van der Waals surface area contributed by atoms with Crippen molar-refractivity contribution < 1.29 is 51.2 Å². The largest absolute Gasteiger partial charge is 0.641 e. The van der Waals surface area contributed by atoms with Crippen LogP contribution in [0.3, 0.4) is 0 Å². The monoisotopic (exact) mass is 604 g/mol. The molecule has 0 N–H and O–H groups in total. The maximum Gasteiger partial charge on any atom is 0.432 e. The van der Waals surface area contributed by atoms with E-state index in [9.17, 15) is 31.1 Å². The molecule has 0 atom stereocenters. The number of hydrogen-bond acceptors (Lipinski definition) is 3. The summed E-state index contributed by atoms with van der Waals surface area (Å²) >= 11 is 0. The van der Waals surface area contributed by atoms with Crippen molar-refractivity contribution in [2.45, 2.75) is 12.7 Å². The predicted molar refractivity (Wildman–Crippen MR) is 90.7 cm³/mol. The number of alkyl halides is 3. The molecule has 3 aromatic rings. The minimum atomic E-state index is -4.89. The summed E-state index contributed by atoms with van der Waals surface area (Å²) in [5, 5.41) is 2.84. The van der Waals surface area contributed by atoms with Gasteiger partial charge in [-0.15, -0.1) is 12.1 Å². The number of amides is 1. The summed E-state index contributed by atoms with van der Waals surface area (Å²) in [6, 6.07) is 12.5. The summed E-state index contributed by atoms with van der Waals surface area (Å²) in [5.74, 6) is -6.11. The van der Waals surface area contributed by atoms with E-state index in [1.165, 1.54) is 24.5 Å². The Morgan fingerprint density at radius 2 is 1.60 bits per heavy atom. The van der Waals surface area contributed by atoms with Gasteiger partial charge in [0.2, 0.25) is 0 Å². The Morgan fingerprint density at radius 1 is 0.967 bits per heavy atom. The van der Waals surface area contributed by atoms with E-state index in [4.69, 9.17) is 0 Å². The van der Waals surface area contributed by atoms with E-state index >= 15 is 0 Å². The average Bonchev–Trinajstić information content (AvgIpc) is 2.71. The summed E-state index contributed by atoms with van der Waals surface area (Å²) < 4.78 is 73.8. The first-order chi connectivity index (χ1) is 13.7. The van der Waals surface area contributed by atoms with Crippen molar-refractivity contribution >= 4 is 5.91 Å². The van der Waals surface area contributed by atoms with Gasteiger partial charge in [-0.25, -0.2) is 4.39 Å². The third-order valence-corrected chi connectivity index (χ3v) is 3.24. The molecule has 0 aliphatic heterocycles. The van der Waals surface area contributed by atoms with Crippen molar-refractivity contribution in [3.8, 4) is 11.3 Å². The summed E-state index contributed by atoms with van der Waals surface area (Å²) in [6.07, 6.45) is -2.04. The molecule has 161 valence electrons. The van der Waals surface area contributed by atoms with Gasteiger partial charge in [0.15, 0.2) is 5.91 Å². The summed E-state index contributed by atoms with van der Waals surface area (Å²) in [6.45, 7) is -0.348. The van der Waals surface area contributed by atoms with Crippen molar-refractivity contribution in [2.75, 3.05) is 0 Å². The van der Waals surface area contributed by atoms with Crippen molar-refractivity contribution in [3.63, 3.8) is 0 Å². The van der Waals surface area contributed by atoms with Crippen LogP contribution in [0, 0.1) is 23.5 Å². The molecule has 2 aromatic heterocycles. The smallest absolute Gasteiger partial charge is 0.432 e. The quantitative estimate of drug-likeness (QED) is 0.241. The summed E-state index contributed by atoms with van der Waals surface area (Å²) in [7, 11) is 0. The van der Waals surface area contributed by atoms with Crippen LogP contribution >= 0.6 is 0 Å². The Kier molecular flexibility index (Phi) is 9.61. The maximum atomic E-state index is 13.3. The van der Waals surface area contributed by atoms with Gasteiger partial charge in [-0.1, -0.05) is 30.3 Å². The molecule has 1 radical (unpaired) electrons. The first kappa shape index (κ1) is 25.3. The first-order valence-corrected chi connectivity index (χ1v) is 7.85. The fraction of sp³-hybridized carbons (Fsp3) is 0.105. The van der Waals surface area contributed by atoms with Gasteiger partial charge >= 0.3 is 6.18 Å². The fourth-order valence-electron chi connectivity index (χ4n) is 1.91. The summed E-state index contributed by atoms with van der Waals surface area (Å²) in [5.41, 5.74) is 0.369. The molecule has 30 heavy (non-hydrogen) atoms. The second-order valence-electron chi connectivity index (χ2n) is 5.29. The molecule has 0 saturated carbocycles. The van der Waals surface area contributed by atoms with Gasteiger partial charge in [-0.05, 0) is 23.9 Å². The first-order valence-electron chi connectivity index (χ1n) is 7.85. The second-order valence-corrected chi connectivity index (χ2v) is 5.29. The average molecular weight is 604 g/mol. The van der Waals surface area contributed by atoms with Crippen molar-refractivity contribution in [1.82, 2.24) is 9.97 Å². The number of carbonyl (C=O) groups is 1. The molecule has 0 spiro atoms. The second kappa shape index (κ2) is 11.4. The molecule has 1 amide bonds. The van der Waals surface area contributed by atoms with Crippen LogP contribution < -0.4 is 0 Å². The molecule has 0 aliphatic carbocycles. The minimum absolute atomic E-state index is 0. The van der Waals surface area contributed by atoms with E-state index in [2.05, 4.69) is 21.4 Å². The van der Waals surface area contributed by atoms with Crippen LogP contribution in [0.4, 0.5) is 26.3 Å². The fourth-order valence-corrected chi connectivity index (χ4v) is 1.91. The molecular weight excluding hydrogens is 592 g/mol. The zero-order chi connectivity index (χ0) is 21.4. The van der Waals surface area contributed by atoms with Gasteiger partial charge in [0.05, 0.1) is 11.6 Å². The Bertz CT molecular complexity index is 956. The van der Waals surface area contributed by atoms with Crippen LogP contribution in [-0.4, -0.2) is 22.1 Å². The molecule has 4 nitrogen and oxygen atoms in total. The van der Waals surface area contributed by atoms with Crippen LogP contribution in [0.2, 0.25) is 0 Å². The zero-order valence-electron chi connectivity index (χ0n) is 14.8. The molecule has 0 saturated heterocycles. The third-order valence-electron chi connectivity index (χ3n) is 3.24. The van der Waals surface area contributed by atoms with Crippen LogP contribution in [0.5, 0.6) is 0 Å². The van der Waals surface area contributed by atoms with Crippen LogP contribution in [-0.2, 0) is 31.4 Å². The van der Waals surface area contributed by atoms with E-state index < -0.39 is 29.5 Å². The normalized spacial score (nSPS) is 10.3. The molecule has 0 unspecified atom stereocenters. The Balaban J connectivity index is 0.000000291. The van der Waals surface area contributed by atoms with Gasteiger partial charge in [-0.3, -0.25) is 13.8 Å². The van der Waals surface area contributed by atoms with Crippen LogP contribution in [0.25, 0.3) is 16.6 Å². The molecule has 1 aromatic carbocycles. The van der Waals surface area contributed by atoms with Crippen molar-refractivity contribution in [3.05, 3.63) is 89.4 Å². The third kappa shape index (κ3) is 7.23. The SMILES string of the molecule is Fc1c[c-]c(-c2ccccn2)c(F)c1F.O=C([N-]Cc1ccccn1)C(F)(F)F.[Ir]. The molecular formula is C19H11F6IrN3O-2. The van der Waals surface area contributed by atoms with Gasteiger partial charge in [0.1, 0.15) is 5.82 Å². The molecule has 0 fully saturated rings. The molecule has 0 aliphatic rings. The number of halogens is 6. The van der Waals surface area contributed by atoms with Gasteiger partial charge in [0, 0.05) is 38.2 Å². The van der Waals surface area contributed by atoms with Crippen LogP contribution in [0.15, 0.2) is 54.9 Å². The van der Waals surface area contributed by atoms with E-state index in [1.54, 1.807) is 24.3 Å².